The average Bonchev–Trinajstić information content (AvgIpc) is 2.90. The minimum atomic E-state index is -1.12. The van der Waals surface area contributed by atoms with Crippen LogP contribution in [0.4, 0.5) is 4.79 Å². The van der Waals surface area contributed by atoms with Crippen LogP contribution in [0.2, 0.25) is 0 Å². The van der Waals surface area contributed by atoms with Gasteiger partial charge in [0.1, 0.15) is 5.75 Å². The number of hydrazine groups is 1. The second-order valence-electron chi connectivity index (χ2n) is 6.76. The summed E-state index contributed by atoms with van der Waals surface area (Å²) in [4.78, 5) is 17.5. The minimum Gasteiger partial charge on any atom is -0.494 e. The molecule has 0 saturated carbocycles. The lowest BCUT2D eigenvalue weighted by molar-refractivity contribution is 0.150. The Balaban J connectivity index is 1.77. The van der Waals surface area contributed by atoms with E-state index in [2.05, 4.69) is 38.1 Å². The summed E-state index contributed by atoms with van der Waals surface area (Å²) in [5.74, 6) is 0.437. The lowest BCUT2D eigenvalue weighted by Gasteiger charge is -2.26. The van der Waals surface area contributed by atoms with Gasteiger partial charge in [-0.25, -0.2) is 9.79 Å². The first kappa shape index (κ1) is 20.8. The van der Waals surface area contributed by atoms with Crippen LogP contribution in [0.25, 0.3) is 0 Å². The molecule has 0 aliphatic carbocycles. The smallest absolute Gasteiger partial charge is 0.407 e. The van der Waals surface area contributed by atoms with E-state index in [1.54, 1.807) is 12.1 Å². The molecule has 4 N–H and O–H groups in total. The molecule has 27 heavy (non-hydrogen) atoms. The van der Waals surface area contributed by atoms with Gasteiger partial charge >= 0.3 is 6.09 Å². The monoisotopic (exact) mass is 378 g/mol. The zero-order chi connectivity index (χ0) is 19.9. The molecule has 1 aromatic carbocycles. The van der Waals surface area contributed by atoms with Crippen LogP contribution in [-0.4, -0.2) is 67.1 Å². The highest BCUT2D eigenvalue weighted by atomic mass is 16.5. The molecule has 1 aliphatic heterocycles. The van der Waals surface area contributed by atoms with Crippen LogP contribution in [-0.2, 0) is 6.54 Å². The predicted octanol–water partition coefficient (Wildman–Crippen LogP) is 1.24. The molecule has 0 radical (unpaired) electrons. The molecule has 0 aromatic heterocycles. The highest BCUT2D eigenvalue weighted by molar-refractivity contribution is 5.82. The number of ether oxygens (including phenoxy) is 1. The van der Waals surface area contributed by atoms with Crippen molar-refractivity contribution in [1.29, 1.82) is 0 Å². The molecule has 9 nitrogen and oxygen atoms in total. The number of hydrogen-bond acceptors (Lipinski definition) is 7. The number of amides is 1. The average molecular weight is 378 g/mol. The third-order valence-electron chi connectivity index (χ3n) is 4.06. The van der Waals surface area contributed by atoms with E-state index in [0.717, 1.165) is 18.7 Å². The van der Waals surface area contributed by atoms with Crippen LogP contribution < -0.4 is 20.8 Å². The summed E-state index contributed by atoms with van der Waals surface area (Å²) in [7, 11) is 5.87. The first-order chi connectivity index (χ1) is 12.8. The number of nitrogens with one attached hydrogen (secondary N) is 3. The first-order valence-corrected chi connectivity index (χ1v) is 9.06. The van der Waals surface area contributed by atoms with Crippen LogP contribution in [0.3, 0.4) is 0 Å². The van der Waals surface area contributed by atoms with Crippen molar-refractivity contribution in [2.45, 2.75) is 32.1 Å². The summed E-state index contributed by atoms with van der Waals surface area (Å²) in [6.07, 6.45) is 0.157. The van der Waals surface area contributed by atoms with Crippen LogP contribution in [0.1, 0.15) is 25.3 Å². The number of carbonyl (C=O) groups is 1. The molecule has 2 rings (SSSR count). The number of rotatable bonds is 9. The maximum absolute atomic E-state index is 11.0. The van der Waals surface area contributed by atoms with Crippen LogP contribution in [0.5, 0.6) is 5.75 Å². The predicted molar refractivity (Wildman–Crippen MR) is 104 cm³/mol. The lowest BCUT2D eigenvalue weighted by Crippen LogP contribution is -2.57. The van der Waals surface area contributed by atoms with Gasteiger partial charge in [-0.05, 0) is 38.2 Å². The maximum Gasteiger partial charge on any atom is 0.407 e. The van der Waals surface area contributed by atoms with Gasteiger partial charge < -0.3 is 20.1 Å². The zero-order valence-electron chi connectivity index (χ0n) is 16.5. The number of guanidine groups is 1. The Morgan fingerprint density at radius 1 is 1.44 bits per heavy atom. The lowest BCUT2D eigenvalue weighted by atomic mass is 10.2. The van der Waals surface area contributed by atoms with E-state index >= 15 is 0 Å². The summed E-state index contributed by atoms with van der Waals surface area (Å²) < 4.78 is 5.82. The molecule has 0 fully saturated rings. The minimum absolute atomic E-state index is 0.487. The van der Waals surface area contributed by atoms with E-state index in [-0.39, 0.29) is 0 Å². The molecule has 1 heterocycles. The summed E-state index contributed by atoms with van der Waals surface area (Å²) in [5.41, 5.74) is 4.24. The number of carboxylic acid groups (broad SMARTS) is 1. The molecule has 150 valence electrons. The molecular formula is C18H30N6O3. The van der Waals surface area contributed by atoms with Crippen LogP contribution >= 0.6 is 0 Å². The van der Waals surface area contributed by atoms with Gasteiger partial charge in [0.05, 0.1) is 6.61 Å². The SMILES string of the molecule is CCC1(NC(=O)O)N=C(NCCCOc2cccc(CN(C)C)c2)N(C)N1. The standard InChI is InChI=1S/C18H30N6O3/c1-5-18(21-17(25)26)20-16(24(4)22-18)19-10-7-11-27-15-9-6-8-14(12-15)13-23(2)3/h6,8-9,12,21-22H,5,7,10-11,13H2,1-4H3,(H,19,20)(H,25,26). The van der Waals surface area contributed by atoms with Gasteiger partial charge in [0.2, 0.25) is 11.7 Å². The van der Waals surface area contributed by atoms with Crippen LogP contribution in [0, 0.1) is 0 Å². The highest BCUT2D eigenvalue weighted by Crippen LogP contribution is 2.16. The van der Waals surface area contributed by atoms with Gasteiger partial charge in [-0.1, -0.05) is 19.1 Å². The molecule has 1 aromatic rings. The topological polar surface area (TPSA) is 101 Å². The fourth-order valence-electron chi connectivity index (χ4n) is 2.81. The largest absolute Gasteiger partial charge is 0.494 e. The van der Waals surface area contributed by atoms with Crippen molar-refractivity contribution in [3.05, 3.63) is 29.8 Å². The third kappa shape index (κ3) is 6.30. The number of benzene rings is 1. The summed E-state index contributed by atoms with van der Waals surface area (Å²) >= 11 is 0. The van der Waals surface area contributed by atoms with E-state index in [4.69, 9.17) is 9.84 Å². The number of nitrogens with zero attached hydrogens (tertiary/aromatic N) is 3. The Kier molecular flexibility index (Phi) is 7.26. The van der Waals surface area contributed by atoms with E-state index in [0.29, 0.717) is 25.5 Å². The normalized spacial score (nSPS) is 19.1. The van der Waals surface area contributed by atoms with Gasteiger partial charge in [0.15, 0.2) is 0 Å². The Hall–Kier alpha value is -2.52. The molecule has 1 unspecified atom stereocenters. The first-order valence-electron chi connectivity index (χ1n) is 9.06. The van der Waals surface area contributed by atoms with E-state index in [1.807, 2.05) is 33.2 Å². The quantitative estimate of drug-likeness (QED) is 0.480. The van der Waals surface area contributed by atoms with Crippen molar-refractivity contribution in [3.8, 4) is 5.75 Å². The van der Waals surface area contributed by atoms with Gasteiger partial charge in [-0.2, -0.15) is 5.43 Å². The molecule has 1 amide bonds. The van der Waals surface area contributed by atoms with Crippen molar-refractivity contribution in [1.82, 2.24) is 26.0 Å². The molecule has 0 saturated heterocycles. The fourth-order valence-corrected chi connectivity index (χ4v) is 2.81. The van der Waals surface area contributed by atoms with E-state index in [9.17, 15) is 4.79 Å². The second-order valence-corrected chi connectivity index (χ2v) is 6.76. The van der Waals surface area contributed by atoms with E-state index < -0.39 is 11.9 Å². The van der Waals surface area contributed by atoms with Crippen molar-refractivity contribution < 1.29 is 14.6 Å². The Morgan fingerprint density at radius 3 is 2.89 bits per heavy atom. The van der Waals surface area contributed by atoms with E-state index in [1.165, 1.54) is 5.56 Å². The molecule has 0 spiro atoms. The zero-order valence-corrected chi connectivity index (χ0v) is 16.5. The number of hydrogen-bond donors (Lipinski definition) is 4. The Bertz CT molecular complexity index is 666. The Morgan fingerprint density at radius 2 is 2.22 bits per heavy atom. The molecule has 9 heteroatoms. The fraction of sp³-hybridized carbons (Fsp3) is 0.556. The molecule has 1 atom stereocenters. The summed E-state index contributed by atoms with van der Waals surface area (Å²) in [5, 5.41) is 16.3. The van der Waals surface area contributed by atoms with Crippen molar-refractivity contribution >= 4 is 12.1 Å². The van der Waals surface area contributed by atoms with Gasteiger partial charge in [-0.3, -0.25) is 10.3 Å². The molecule has 0 bridgehead atoms. The van der Waals surface area contributed by atoms with Gasteiger partial charge in [0, 0.05) is 26.6 Å². The van der Waals surface area contributed by atoms with Crippen LogP contribution in [0.15, 0.2) is 29.3 Å². The maximum atomic E-state index is 11.0. The van der Waals surface area contributed by atoms with Crippen molar-refractivity contribution in [2.75, 3.05) is 34.3 Å². The molecule has 1 aliphatic rings. The second kappa shape index (κ2) is 9.43. The third-order valence-corrected chi connectivity index (χ3v) is 4.06. The summed E-state index contributed by atoms with van der Waals surface area (Å²) in [6.45, 7) is 3.98. The number of aliphatic imine (C=N–C) groups is 1. The van der Waals surface area contributed by atoms with Crippen molar-refractivity contribution in [2.24, 2.45) is 4.99 Å². The van der Waals surface area contributed by atoms with Gasteiger partial charge in [0.25, 0.3) is 0 Å². The van der Waals surface area contributed by atoms with Gasteiger partial charge in [-0.15, -0.1) is 0 Å². The Labute approximate surface area is 160 Å². The van der Waals surface area contributed by atoms with Crippen molar-refractivity contribution in [3.63, 3.8) is 0 Å². The summed E-state index contributed by atoms with van der Waals surface area (Å²) in [6, 6.07) is 8.10. The highest BCUT2D eigenvalue weighted by Gasteiger charge is 2.37. The molecular weight excluding hydrogens is 348 g/mol.